The van der Waals surface area contributed by atoms with E-state index in [-0.39, 0.29) is 41.5 Å². The summed E-state index contributed by atoms with van der Waals surface area (Å²) in [6, 6.07) is 5.41. The number of carbonyl (C=O) groups is 1. The topological polar surface area (TPSA) is 111 Å². The lowest BCUT2D eigenvalue weighted by Crippen LogP contribution is -2.30. The number of carbonyl (C=O) groups excluding carboxylic acids is 1. The third kappa shape index (κ3) is 3.66. The molecule has 0 radical (unpaired) electrons. The molecule has 2 heterocycles. The quantitative estimate of drug-likeness (QED) is 0.670. The average molecular weight is 358 g/mol. The highest BCUT2D eigenvalue weighted by Crippen LogP contribution is 2.13. The van der Waals surface area contributed by atoms with E-state index in [4.69, 9.17) is 4.52 Å². The number of hydrogen-bond acceptors (Lipinski definition) is 6. The van der Waals surface area contributed by atoms with Crippen LogP contribution in [0.2, 0.25) is 0 Å². The molecule has 1 aromatic carbocycles. The molecule has 1 N–H and O–H groups in total. The van der Waals surface area contributed by atoms with Gasteiger partial charge in [0.2, 0.25) is 11.7 Å². The van der Waals surface area contributed by atoms with E-state index in [1.165, 1.54) is 29.0 Å². The summed E-state index contributed by atoms with van der Waals surface area (Å²) in [7, 11) is 0. The smallest absolute Gasteiger partial charge is 0.328 e. The Morgan fingerprint density at radius 2 is 2.15 bits per heavy atom. The maximum atomic E-state index is 13.2. The third-order valence-corrected chi connectivity index (χ3v) is 3.77. The van der Waals surface area contributed by atoms with Crippen LogP contribution in [-0.4, -0.2) is 25.5 Å². The maximum absolute atomic E-state index is 13.2. The summed E-state index contributed by atoms with van der Waals surface area (Å²) >= 11 is 0. The molecule has 2 aromatic heterocycles. The van der Waals surface area contributed by atoms with Crippen molar-refractivity contribution in [3.63, 3.8) is 0 Å². The zero-order valence-electron chi connectivity index (χ0n) is 13.9. The number of nitrogens with zero attached hydrogens (tertiary/aromatic N) is 3. The molecule has 8 nitrogen and oxygen atoms in total. The molecule has 134 valence electrons. The summed E-state index contributed by atoms with van der Waals surface area (Å²) in [6.45, 7) is 2.12. The summed E-state index contributed by atoms with van der Waals surface area (Å²) in [6.07, 6.45) is 1.55. The summed E-state index contributed by atoms with van der Waals surface area (Å²) in [5, 5.41) is 3.72. The van der Waals surface area contributed by atoms with E-state index in [1.54, 1.807) is 6.92 Å². The molecule has 3 rings (SSSR count). The number of aromatic amines is 1. The van der Waals surface area contributed by atoms with Crippen LogP contribution < -0.4 is 11.2 Å². The second-order valence-electron chi connectivity index (χ2n) is 5.53. The summed E-state index contributed by atoms with van der Waals surface area (Å²) in [4.78, 5) is 41.8. The Kier molecular flexibility index (Phi) is 4.87. The minimum absolute atomic E-state index is 0.0293. The van der Waals surface area contributed by atoms with Crippen molar-refractivity contribution in [1.29, 1.82) is 0 Å². The molecule has 0 amide bonds. The van der Waals surface area contributed by atoms with Gasteiger partial charge in [-0.2, -0.15) is 4.98 Å². The number of halogens is 1. The number of aryl methyl sites for hydroxylation is 2. The number of hydrogen-bond donors (Lipinski definition) is 1. The van der Waals surface area contributed by atoms with Crippen molar-refractivity contribution >= 4 is 5.78 Å². The molecule has 0 saturated carbocycles. The highest BCUT2D eigenvalue weighted by atomic mass is 19.1. The van der Waals surface area contributed by atoms with Gasteiger partial charge in [0.05, 0.1) is 0 Å². The van der Waals surface area contributed by atoms with Gasteiger partial charge in [0.15, 0.2) is 5.78 Å². The number of ketones is 1. The minimum atomic E-state index is -0.622. The Hall–Kier alpha value is -3.36. The average Bonchev–Trinajstić information content (AvgIpc) is 3.08. The number of nitrogens with one attached hydrogen (secondary N) is 1. The van der Waals surface area contributed by atoms with Crippen LogP contribution >= 0.6 is 0 Å². The van der Waals surface area contributed by atoms with Crippen LogP contribution in [-0.2, 0) is 13.0 Å². The van der Waals surface area contributed by atoms with Crippen molar-refractivity contribution in [3.8, 4) is 11.4 Å². The first-order valence-electron chi connectivity index (χ1n) is 7.93. The van der Waals surface area contributed by atoms with Gasteiger partial charge in [-0.05, 0) is 19.1 Å². The normalized spacial score (nSPS) is 10.8. The molecule has 0 unspecified atom stereocenters. The molecule has 3 aromatic rings. The van der Waals surface area contributed by atoms with Crippen molar-refractivity contribution in [1.82, 2.24) is 19.7 Å². The predicted octanol–water partition coefficient (Wildman–Crippen LogP) is 1.56. The molecular weight excluding hydrogens is 343 g/mol. The van der Waals surface area contributed by atoms with E-state index in [9.17, 15) is 18.8 Å². The zero-order chi connectivity index (χ0) is 18.7. The fraction of sp³-hybridized carbons (Fsp3) is 0.235. The fourth-order valence-electron chi connectivity index (χ4n) is 2.40. The van der Waals surface area contributed by atoms with Gasteiger partial charge in [0.1, 0.15) is 11.4 Å². The minimum Gasteiger partial charge on any atom is -0.339 e. The number of rotatable bonds is 6. The van der Waals surface area contributed by atoms with Crippen molar-refractivity contribution in [3.05, 3.63) is 68.6 Å². The van der Waals surface area contributed by atoms with E-state index in [0.717, 1.165) is 6.07 Å². The number of benzene rings is 1. The van der Waals surface area contributed by atoms with Crippen molar-refractivity contribution in [2.45, 2.75) is 26.3 Å². The van der Waals surface area contributed by atoms with Gasteiger partial charge < -0.3 is 9.09 Å². The highest BCUT2D eigenvalue weighted by Gasteiger charge is 2.15. The summed E-state index contributed by atoms with van der Waals surface area (Å²) in [5.41, 5.74) is -0.789. The first-order chi connectivity index (χ1) is 12.5. The Balaban J connectivity index is 1.76. The van der Waals surface area contributed by atoms with Crippen LogP contribution in [0.3, 0.4) is 0 Å². The lowest BCUT2D eigenvalue weighted by Gasteiger charge is -2.01. The number of Topliss-reactive ketones (excluding diaryl/α,β-unsaturated/α-hetero) is 1. The van der Waals surface area contributed by atoms with Crippen LogP contribution in [0.4, 0.5) is 4.39 Å². The highest BCUT2D eigenvalue weighted by molar-refractivity contribution is 5.96. The van der Waals surface area contributed by atoms with Crippen LogP contribution in [0.5, 0.6) is 0 Å². The van der Waals surface area contributed by atoms with Gasteiger partial charge in [0.25, 0.3) is 5.56 Å². The first kappa shape index (κ1) is 17.5. The van der Waals surface area contributed by atoms with Gasteiger partial charge in [-0.3, -0.25) is 14.6 Å². The molecule has 0 atom stereocenters. The van der Waals surface area contributed by atoms with Gasteiger partial charge in [0, 0.05) is 31.1 Å². The summed E-state index contributed by atoms with van der Waals surface area (Å²) < 4.78 is 19.5. The maximum Gasteiger partial charge on any atom is 0.328 e. The molecule has 0 saturated heterocycles. The predicted molar refractivity (Wildman–Crippen MR) is 89.3 cm³/mol. The van der Waals surface area contributed by atoms with Gasteiger partial charge in [-0.1, -0.05) is 17.3 Å². The molecular formula is C17H15FN4O4. The van der Waals surface area contributed by atoms with Crippen molar-refractivity contribution < 1.29 is 13.7 Å². The number of aromatic nitrogens is 4. The summed E-state index contributed by atoms with van der Waals surface area (Å²) in [5.74, 6) is -0.553. The van der Waals surface area contributed by atoms with E-state index in [0.29, 0.717) is 6.54 Å². The molecule has 0 spiro atoms. The van der Waals surface area contributed by atoms with Gasteiger partial charge in [-0.25, -0.2) is 9.18 Å². The van der Waals surface area contributed by atoms with Crippen LogP contribution in [0.25, 0.3) is 11.4 Å². The first-order valence-corrected chi connectivity index (χ1v) is 7.93. The zero-order valence-corrected chi connectivity index (χ0v) is 13.9. The Morgan fingerprint density at radius 3 is 2.88 bits per heavy atom. The van der Waals surface area contributed by atoms with Crippen LogP contribution in [0, 0.1) is 5.82 Å². The van der Waals surface area contributed by atoms with E-state index < -0.39 is 17.1 Å². The Morgan fingerprint density at radius 1 is 1.35 bits per heavy atom. The molecule has 0 aliphatic rings. The lowest BCUT2D eigenvalue weighted by atomic mass is 10.1. The van der Waals surface area contributed by atoms with Crippen LogP contribution in [0.15, 0.2) is 44.6 Å². The Labute approximate surface area is 146 Å². The molecule has 9 heteroatoms. The monoisotopic (exact) mass is 358 g/mol. The van der Waals surface area contributed by atoms with Crippen molar-refractivity contribution in [2.75, 3.05) is 0 Å². The molecule has 0 aliphatic carbocycles. The van der Waals surface area contributed by atoms with Gasteiger partial charge >= 0.3 is 5.69 Å². The molecule has 0 fully saturated rings. The number of H-pyrrole nitrogens is 1. The SMILES string of the molecule is CCn1cc(-c2noc(CCC(=O)c3cccc(F)c3)n2)c(=O)[nH]c1=O. The largest absolute Gasteiger partial charge is 0.339 e. The van der Waals surface area contributed by atoms with E-state index in [1.807, 2.05) is 0 Å². The van der Waals surface area contributed by atoms with Gasteiger partial charge in [-0.15, -0.1) is 0 Å². The van der Waals surface area contributed by atoms with Crippen LogP contribution in [0.1, 0.15) is 29.6 Å². The lowest BCUT2D eigenvalue weighted by molar-refractivity contribution is 0.0979. The van der Waals surface area contributed by atoms with E-state index >= 15 is 0 Å². The molecule has 26 heavy (non-hydrogen) atoms. The standard InChI is InChI=1S/C17H15FN4O4/c1-2-22-9-12(16(24)20-17(22)25)15-19-14(26-21-15)7-6-13(23)10-4-3-5-11(18)8-10/h3-5,8-9H,2,6-7H2,1H3,(H,20,24,25). The third-order valence-electron chi connectivity index (χ3n) is 3.77. The second-order valence-corrected chi connectivity index (χ2v) is 5.53. The second kappa shape index (κ2) is 7.26. The molecule has 0 aliphatic heterocycles. The Bertz CT molecular complexity index is 1070. The van der Waals surface area contributed by atoms with Crippen molar-refractivity contribution in [2.24, 2.45) is 0 Å². The fourth-order valence-corrected chi connectivity index (χ4v) is 2.40. The molecule has 0 bridgehead atoms. The van der Waals surface area contributed by atoms with E-state index in [2.05, 4.69) is 15.1 Å².